The minimum absolute atomic E-state index is 0.0309. The van der Waals surface area contributed by atoms with Gasteiger partial charge in [-0.25, -0.2) is 4.79 Å². The lowest BCUT2D eigenvalue weighted by molar-refractivity contribution is -0.141. The zero-order valence-corrected chi connectivity index (χ0v) is 21.6. The largest absolute Gasteiger partial charge is 0.444 e. The standard InChI is InChI=1S/C27H41N3O4/c1-17-12-13-20(14-18(17)2)24(25(32)29-21-10-8-7-9-11-21)30(22-15-19(22)3)23(31)16-28-26(33)34-27(4,5)6/h12-14,19,21-22,24H,7-11,15-16H2,1-6H3,(H,28,33)(H,29,32). The first kappa shape index (κ1) is 26.0. The molecule has 0 aromatic heterocycles. The summed E-state index contributed by atoms with van der Waals surface area (Å²) in [6.45, 7) is 11.3. The average molecular weight is 472 g/mol. The molecule has 3 rings (SSSR count). The van der Waals surface area contributed by atoms with E-state index in [2.05, 4.69) is 17.6 Å². The lowest BCUT2D eigenvalue weighted by atomic mass is 9.94. The summed E-state index contributed by atoms with van der Waals surface area (Å²) in [7, 11) is 0. The molecule has 2 fully saturated rings. The van der Waals surface area contributed by atoms with Crippen molar-refractivity contribution in [3.05, 3.63) is 34.9 Å². The Morgan fingerprint density at radius 3 is 2.29 bits per heavy atom. The van der Waals surface area contributed by atoms with Gasteiger partial charge in [0.15, 0.2) is 0 Å². The third-order valence-electron chi connectivity index (χ3n) is 6.82. The maximum atomic E-state index is 13.7. The molecule has 34 heavy (non-hydrogen) atoms. The quantitative estimate of drug-likeness (QED) is 0.610. The number of aryl methyl sites for hydroxylation is 2. The van der Waals surface area contributed by atoms with Gasteiger partial charge in [-0.2, -0.15) is 0 Å². The number of ether oxygens (including phenoxy) is 1. The van der Waals surface area contributed by atoms with Crippen molar-refractivity contribution in [2.75, 3.05) is 6.54 Å². The van der Waals surface area contributed by atoms with Crippen molar-refractivity contribution < 1.29 is 19.1 Å². The van der Waals surface area contributed by atoms with Gasteiger partial charge in [-0.3, -0.25) is 9.59 Å². The molecule has 0 spiro atoms. The summed E-state index contributed by atoms with van der Waals surface area (Å²) in [5.74, 6) is -0.107. The van der Waals surface area contributed by atoms with Gasteiger partial charge in [-0.15, -0.1) is 0 Å². The molecule has 3 unspecified atom stereocenters. The van der Waals surface area contributed by atoms with E-state index in [9.17, 15) is 14.4 Å². The zero-order valence-electron chi connectivity index (χ0n) is 21.6. The minimum Gasteiger partial charge on any atom is -0.444 e. The van der Waals surface area contributed by atoms with Crippen LogP contribution in [-0.2, 0) is 14.3 Å². The smallest absolute Gasteiger partial charge is 0.408 e. The summed E-state index contributed by atoms with van der Waals surface area (Å²) in [6.07, 6.45) is 5.57. The fourth-order valence-electron chi connectivity index (χ4n) is 4.66. The number of carbonyl (C=O) groups excluding carboxylic acids is 3. The molecule has 0 heterocycles. The van der Waals surface area contributed by atoms with Crippen LogP contribution in [0.25, 0.3) is 0 Å². The van der Waals surface area contributed by atoms with Crippen molar-refractivity contribution in [2.24, 2.45) is 5.92 Å². The molecule has 3 atom stereocenters. The lowest BCUT2D eigenvalue weighted by Crippen LogP contribution is -2.50. The third kappa shape index (κ3) is 6.97. The SMILES string of the molecule is Cc1ccc(C(C(=O)NC2CCCCC2)N(C(=O)CNC(=O)OC(C)(C)C)C2CC2C)cc1C. The van der Waals surface area contributed by atoms with E-state index in [1.54, 1.807) is 25.7 Å². The van der Waals surface area contributed by atoms with Gasteiger partial charge in [0.1, 0.15) is 18.2 Å². The van der Waals surface area contributed by atoms with Crippen molar-refractivity contribution in [3.63, 3.8) is 0 Å². The zero-order chi connectivity index (χ0) is 25.0. The maximum absolute atomic E-state index is 13.7. The number of hydrogen-bond acceptors (Lipinski definition) is 4. The number of amides is 3. The molecule has 7 nitrogen and oxygen atoms in total. The van der Waals surface area contributed by atoms with Gasteiger partial charge < -0.3 is 20.3 Å². The fourth-order valence-corrected chi connectivity index (χ4v) is 4.66. The van der Waals surface area contributed by atoms with Crippen LogP contribution in [0, 0.1) is 19.8 Å². The van der Waals surface area contributed by atoms with E-state index in [-0.39, 0.29) is 30.4 Å². The van der Waals surface area contributed by atoms with E-state index < -0.39 is 17.7 Å². The summed E-state index contributed by atoms with van der Waals surface area (Å²) >= 11 is 0. The van der Waals surface area contributed by atoms with Crippen molar-refractivity contribution in [1.29, 1.82) is 0 Å². The van der Waals surface area contributed by atoms with Gasteiger partial charge in [0.05, 0.1) is 0 Å². The van der Waals surface area contributed by atoms with E-state index in [0.717, 1.165) is 48.8 Å². The number of hydrogen-bond donors (Lipinski definition) is 2. The second-order valence-corrected chi connectivity index (χ2v) is 11.0. The van der Waals surface area contributed by atoms with Gasteiger partial charge in [-0.1, -0.05) is 44.4 Å². The molecule has 0 saturated heterocycles. The van der Waals surface area contributed by atoms with Crippen LogP contribution < -0.4 is 10.6 Å². The van der Waals surface area contributed by atoms with Crippen LogP contribution in [-0.4, -0.2) is 47.0 Å². The summed E-state index contributed by atoms with van der Waals surface area (Å²) in [5, 5.41) is 5.82. The number of carbonyl (C=O) groups is 3. The number of nitrogens with one attached hydrogen (secondary N) is 2. The number of rotatable bonds is 7. The molecular weight excluding hydrogens is 430 g/mol. The van der Waals surface area contributed by atoms with Gasteiger partial charge in [-0.05, 0) is 76.5 Å². The highest BCUT2D eigenvalue weighted by atomic mass is 16.6. The minimum atomic E-state index is -0.732. The molecule has 2 N–H and O–H groups in total. The molecular formula is C27H41N3O4. The van der Waals surface area contributed by atoms with E-state index in [1.165, 1.54) is 6.42 Å². The summed E-state index contributed by atoms with van der Waals surface area (Å²) < 4.78 is 5.29. The van der Waals surface area contributed by atoms with Gasteiger partial charge in [0.2, 0.25) is 11.8 Å². The molecule has 3 amide bonds. The van der Waals surface area contributed by atoms with Crippen molar-refractivity contribution in [1.82, 2.24) is 15.5 Å². The first-order valence-corrected chi connectivity index (χ1v) is 12.6. The first-order valence-electron chi connectivity index (χ1n) is 12.6. The van der Waals surface area contributed by atoms with Crippen LogP contribution in [0.4, 0.5) is 4.79 Å². The molecule has 2 saturated carbocycles. The summed E-state index contributed by atoms with van der Waals surface area (Å²) in [4.78, 5) is 41.1. The van der Waals surface area contributed by atoms with E-state index in [1.807, 2.05) is 32.0 Å². The Labute approximate surface area is 204 Å². The highest BCUT2D eigenvalue weighted by Crippen LogP contribution is 2.40. The number of benzene rings is 1. The topological polar surface area (TPSA) is 87.7 Å². The maximum Gasteiger partial charge on any atom is 0.408 e. The molecule has 2 aliphatic rings. The van der Waals surface area contributed by atoms with Crippen LogP contribution >= 0.6 is 0 Å². The number of alkyl carbamates (subject to hydrolysis) is 1. The predicted molar refractivity (Wildman–Crippen MR) is 132 cm³/mol. The average Bonchev–Trinajstić information content (AvgIpc) is 3.47. The Kier molecular flexibility index (Phi) is 8.26. The second kappa shape index (κ2) is 10.8. The molecule has 7 heteroatoms. The molecule has 188 valence electrons. The van der Waals surface area contributed by atoms with Crippen molar-refractivity contribution >= 4 is 17.9 Å². The van der Waals surface area contributed by atoms with Gasteiger partial charge in [0.25, 0.3) is 0 Å². The number of nitrogens with zero attached hydrogens (tertiary/aromatic N) is 1. The Hall–Kier alpha value is -2.57. The monoisotopic (exact) mass is 471 g/mol. The molecule has 1 aromatic carbocycles. The van der Waals surface area contributed by atoms with Crippen molar-refractivity contribution in [2.45, 2.75) is 104 Å². The first-order chi connectivity index (χ1) is 16.0. The predicted octanol–water partition coefficient (Wildman–Crippen LogP) is 4.56. The Morgan fingerprint density at radius 1 is 1.09 bits per heavy atom. The highest BCUT2D eigenvalue weighted by molar-refractivity contribution is 5.91. The van der Waals surface area contributed by atoms with Crippen LogP contribution in [0.2, 0.25) is 0 Å². The van der Waals surface area contributed by atoms with Crippen LogP contribution in [0.3, 0.4) is 0 Å². The lowest BCUT2D eigenvalue weighted by Gasteiger charge is -2.34. The fraction of sp³-hybridized carbons (Fsp3) is 0.667. The van der Waals surface area contributed by atoms with Crippen LogP contribution in [0.1, 0.15) is 89.0 Å². The van der Waals surface area contributed by atoms with Crippen LogP contribution in [0.5, 0.6) is 0 Å². The Morgan fingerprint density at radius 2 is 1.74 bits per heavy atom. The molecule has 0 aliphatic heterocycles. The molecule has 1 aromatic rings. The van der Waals surface area contributed by atoms with E-state index in [4.69, 9.17) is 4.74 Å². The van der Waals surface area contributed by atoms with E-state index >= 15 is 0 Å². The Balaban J connectivity index is 1.86. The second-order valence-electron chi connectivity index (χ2n) is 11.0. The van der Waals surface area contributed by atoms with E-state index in [0.29, 0.717) is 5.92 Å². The highest BCUT2D eigenvalue weighted by Gasteiger charge is 2.46. The van der Waals surface area contributed by atoms with Crippen LogP contribution in [0.15, 0.2) is 18.2 Å². The molecule has 0 bridgehead atoms. The Bertz CT molecular complexity index is 902. The third-order valence-corrected chi connectivity index (χ3v) is 6.82. The van der Waals surface area contributed by atoms with Crippen molar-refractivity contribution in [3.8, 4) is 0 Å². The summed E-state index contributed by atoms with van der Waals surface area (Å²) in [6, 6.07) is 5.34. The normalized spacial score (nSPS) is 21.4. The molecule has 0 radical (unpaired) electrons. The molecule has 2 aliphatic carbocycles. The summed E-state index contributed by atoms with van der Waals surface area (Å²) in [5.41, 5.74) is 2.37. The van der Waals surface area contributed by atoms with Gasteiger partial charge in [0, 0.05) is 12.1 Å². The van der Waals surface area contributed by atoms with Gasteiger partial charge >= 0.3 is 6.09 Å².